The third-order valence-corrected chi connectivity index (χ3v) is 2.15. The average molecular weight is 227 g/mol. The van der Waals surface area contributed by atoms with Gasteiger partial charge in [-0.3, -0.25) is 0 Å². The van der Waals surface area contributed by atoms with Crippen LogP contribution >= 0.6 is 0 Å². The molecule has 1 rings (SSSR count). The van der Waals surface area contributed by atoms with Crippen LogP contribution in [-0.4, -0.2) is 28.8 Å². The van der Waals surface area contributed by atoms with E-state index in [0.717, 1.165) is 19.4 Å². The monoisotopic (exact) mass is 227 g/mol. The average Bonchev–Trinajstić information content (AvgIpc) is 2.65. The molecular weight excluding hydrogens is 210 g/mol. The Hall–Kier alpha value is -1.33. The summed E-state index contributed by atoms with van der Waals surface area (Å²) in [5, 5.41) is 20.8. The number of nitrogens with one attached hydrogen (secondary N) is 1. The molecule has 90 valence electrons. The van der Waals surface area contributed by atoms with Crippen LogP contribution in [0.15, 0.2) is 16.5 Å². The second-order valence-corrected chi connectivity index (χ2v) is 3.74. The van der Waals surface area contributed by atoms with E-state index in [9.17, 15) is 4.79 Å². The van der Waals surface area contributed by atoms with Gasteiger partial charge < -0.3 is 19.9 Å². The van der Waals surface area contributed by atoms with E-state index in [0.29, 0.717) is 12.3 Å². The minimum absolute atomic E-state index is 0.0409. The molecule has 5 heteroatoms. The van der Waals surface area contributed by atoms with Crippen molar-refractivity contribution in [3.63, 3.8) is 0 Å². The summed E-state index contributed by atoms with van der Waals surface area (Å²) in [5.41, 5.74) is 0. The SMILES string of the molecule is CC(O)CCCNCc1ccc(C(=O)O)o1. The first-order valence-corrected chi connectivity index (χ1v) is 5.30. The molecule has 0 bridgehead atoms. The maximum atomic E-state index is 10.5. The number of carbonyl (C=O) groups is 1. The molecular formula is C11H17NO4. The van der Waals surface area contributed by atoms with E-state index in [1.807, 2.05) is 0 Å². The van der Waals surface area contributed by atoms with Crippen molar-refractivity contribution in [2.24, 2.45) is 0 Å². The zero-order chi connectivity index (χ0) is 12.0. The van der Waals surface area contributed by atoms with Crippen molar-refractivity contribution >= 4 is 5.97 Å². The fraction of sp³-hybridized carbons (Fsp3) is 0.545. The second-order valence-electron chi connectivity index (χ2n) is 3.74. The van der Waals surface area contributed by atoms with Crippen LogP contribution in [0, 0.1) is 0 Å². The minimum Gasteiger partial charge on any atom is -0.475 e. The number of rotatable bonds is 7. The zero-order valence-corrected chi connectivity index (χ0v) is 9.27. The van der Waals surface area contributed by atoms with Crippen LogP contribution in [0.25, 0.3) is 0 Å². The Kier molecular flexibility index (Phi) is 5.01. The maximum Gasteiger partial charge on any atom is 0.371 e. The van der Waals surface area contributed by atoms with Gasteiger partial charge in [0.25, 0.3) is 0 Å². The van der Waals surface area contributed by atoms with Gasteiger partial charge in [-0.15, -0.1) is 0 Å². The van der Waals surface area contributed by atoms with Crippen LogP contribution in [0.1, 0.15) is 36.1 Å². The molecule has 0 aliphatic heterocycles. The summed E-state index contributed by atoms with van der Waals surface area (Å²) in [7, 11) is 0. The summed E-state index contributed by atoms with van der Waals surface area (Å²) in [5.74, 6) is -0.490. The highest BCUT2D eigenvalue weighted by Crippen LogP contribution is 2.07. The van der Waals surface area contributed by atoms with Crippen molar-refractivity contribution in [1.29, 1.82) is 0 Å². The van der Waals surface area contributed by atoms with Crippen LogP contribution < -0.4 is 5.32 Å². The molecule has 0 radical (unpaired) electrons. The van der Waals surface area contributed by atoms with Crippen molar-refractivity contribution in [1.82, 2.24) is 5.32 Å². The van der Waals surface area contributed by atoms with Crippen LogP contribution in [-0.2, 0) is 6.54 Å². The molecule has 1 unspecified atom stereocenters. The Labute approximate surface area is 94.1 Å². The van der Waals surface area contributed by atoms with E-state index in [4.69, 9.17) is 14.6 Å². The number of aliphatic hydroxyl groups excluding tert-OH is 1. The quantitative estimate of drug-likeness (QED) is 0.610. The summed E-state index contributed by atoms with van der Waals surface area (Å²) < 4.78 is 5.06. The van der Waals surface area contributed by atoms with E-state index in [-0.39, 0.29) is 11.9 Å². The molecule has 0 aromatic carbocycles. The third kappa shape index (κ3) is 4.46. The largest absolute Gasteiger partial charge is 0.475 e. The summed E-state index contributed by atoms with van der Waals surface area (Å²) >= 11 is 0. The van der Waals surface area contributed by atoms with Gasteiger partial charge in [-0.2, -0.15) is 0 Å². The standard InChI is InChI=1S/C11H17NO4/c1-8(13)3-2-6-12-7-9-4-5-10(16-9)11(14)15/h4-5,8,12-13H,2-3,6-7H2,1H3,(H,14,15). The lowest BCUT2D eigenvalue weighted by atomic mass is 10.2. The molecule has 0 aliphatic rings. The smallest absolute Gasteiger partial charge is 0.371 e. The van der Waals surface area contributed by atoms with Gasteiger partial charge in [0.05, 0.1) is 12.6 Å². The molecule has 1 aromatic rings. The number of carboxylic acid groups (broad SMARTS) is 1. The van der Waals surface area contributed by atoms with Crippen molar-refractivity contribution in [2.75, 3.05) is 6.54 Å². The van der Waals surface area contributed by atoms with E-state index < -0.39 is 5.97 Å². The molecule has 1 heterocycles. The van der Waals surface area contributed by atoms with Crippen molar-refractivity contribution in [3.8, 4) is 0 Å². The van der Waals surface area contributed by atoms with Gasteiger partial charge >= 0.3 is 5.97 Å². The lowest BCUT2D eigenvalue weighted by Gasteiger charge is -2.04. The Bertz CT molecular complexity index is 332. The van der Waals surface area contributed by atoms with Crippen molar-refractivity contribution < 1.29 is 19.4 Å². The summed E-state index contributed by atoms with van der Waals surface area (Å²) in [6, 6.07) is 3.08. The van der Waals surface area contributed by atoms with Crippen molar-refractivity contribution in [2.45, 2.75) is 32.4 Å². The van der Waals surface area contributed by atoms with Gasteiger partial charge in [-0.1, -0.05) is 0 Å². The lowest BCUT2D eigenvalue weighted by molar-refractivity contribution is 0.0660. The normalized spacial score (nSPS) is 12.6. The predicted octanol–water partition coefficient (Wildman–Crippen LogP) is 1.23. The van der Waals surface area contributed by atoms with Crippen LogP contribution in [0.3, 0.4) is 0 Å². The van der Waals surface area contributed by atoms with Gasteiger partial charge in [0, 0.05) is 0 Å². The summed E-state index contributed by atoms with van der Waals surface area (Å²) in [6.07, 6.45) is 1.36. The van der Waals surface area contributed by atoms with Crippen LogP contribution in [0.5, 0.6) is 0 Å². The fourth-order valence-corrected chi connectivity index (χ4v) is 1.32. The maximum absolute atomic E-state index is 10.5. The first-order chi connectivity index (χ1) is 7.59. The van der Waals surface area contributed by atoms with Crippen LogP contribution in [0.4, 0.5) is 0 Å². The predicted molar refractivity (Wildman–Crippen MR) is 58.3 cm³/mol. The highest BCUT2D eigenvalue weighted by molar-refractivity contribution is 5.84. The molecule has 1 aromatic heterocycles. The second kappa shape index (κ2) is 6.30. The number of aliphatic hydroxyl groups is 1. The zero-order valence-electron chi connectivity index (χ0n) is 9.27. The Morgan fingerprint density at radius 3 is 2.88 bits per heavy atom. The van der Waals surface area contributed by atoms with E-state index in [1.54, 1.807) is 13.0 Å². The number of aromatic carboxylic acids is 1. The number of hydrogen-bond donors (Lipinski definition) is 3. The molecule has 0 saturated carbocycles. The first-order valence-electron chi connectivity index (χ1n) is 5.30. The number of carboxylic acids is 1. The molecule has 0 amide bonds. The van der Waals surface area contributed by atoms with Crippen LogP contribution in [0.2, 0.25) is 0 Å². The third-order valence-electron chi connectivity index (χ3n) is 2.15. The topological polar surface area (TPSA) is 82.7 Å². The van der Waals surface area contributed by atoms with E-state index in [1.165, 1.54) is 6.07 Å². The highest BCUT2D eigenvalue weighted by atomic mass is 16.4. The minimum atomic E-state index is -1.06. The Morgan fingerprint density at radius 1 is 1.56 bits per heavy atom. The first kappa shape index (κ1) is 12.7. The Balaban J connectivity index is 2.19. The molecule has 0 saturated heterocycles. The number of hydrogen-bond acceptors (Lipinski definition) is 4. The Morgan fingerprint density at radius 2 is 2.31 bits per heavy atom. The lowest BCUT2D eigenvalue weighted by Crippen LogP contribution is -2.15. The molecule has 5 nitrogen and oxygen atoms in total. The summed E-state index contributed by atoms with van der Waals surface area (Å²) in [4.78, 5) is 10.5. The van der Waals surface area contributed by atoms with Gasteiger partial charge in [-0.25, -0.2) is 4.79 Å². The van der Waals surface area contributed by atoms with Crippen molar-refractivity contribution in [3.05, 3.63) is 23.7 Å². The molecule has 0 spiro atoms. The fourth-order valence-electron chi connectivity index (χ4n) is 1.32. The van der Waals surface area contributed by atoms with Gasteiger partial charge in [-0.05, 0) is 38.4 Å². The number of furan rings is 1. The van der Waals surface area contributed by atoms with Gasteiger partial charge in [0.15, 0.2) is 0 Å². The molecule has 16 heavy (non-hydrogen) atoms. The molecule has 3 N–H and O–H groups in total. The van der Waals surface area contributed by atoms with E-state index >= 15 is 0 Å². The van der Waals surface area contributed by atoms with Gasteiger partial charge in [0.1, 0.15) is 5.76 Å². The molecule has 0 aliphatic carbocycles. The van der Waals surface area contributed by atoms with Gasteiger partial charge in [0.2, 0.25) is 5.76 Å². The molecule has 0 fully saturated rings. The highest BCUT2D eigenvalue weighted by Gasteiger charge is 2.08. The van der Waals surface area contributed by atoms with E-state index in [2.05, 4.69) is 5.32 Å². The molecule has 1 atom stereocenters. The summed E-state index contributed by atoms with van der Waals surface area (Å²) in [6.45, 7) is 3.03.